The minimum absolute atomic E-state index is 0.116. The molecule has 0 fully saturated rings. The van der Waals surface area contributed by atoms with Gasteiger partial charge < -0.3 is 9.47 Å². The number of carbonyl (C=O) groups is 2. The normalized spacial score (nSPS) is 15.7. The molecule has 0 saturated carbocycles. The van der Waals surface area contributed by atoms with Gasteiger partial charge in [0.1, 0.15) is 5.76 Å². The molecule has 34 heavy (non-hydrogen) atoms. The fourth-order valence-electron chi connectivity index (χ4n) is 4.72. The quantitative estimate of drug-likeness (QED) is 0.108. The minimum Gasteiger partial charge on any atom is -0.483 e. The van der Waals surface area contributed by atoms with E-state index < -0.39 is 6.10 Å². The first-order valence-electron chi connectivity index (χ1n) is 14.7. The topological polar surface area (TPSA) is 52.6 Å². The Hall–Kier alpha value is -1.32. The summed E-state index contributed by atoms with van der Waals surface area (Å²) in [5.41, 5.74) is 0. The summed E-state index contributed by atoms with van der Waals surface area (Å²) in [6.45, 7) is 5.86. The zero-order chi connectivity index (χ0) is 24.9. The lowest BCUT2D eigenvalue weighted by Crippen LogP contribution is -2.19. The van der Waals surface area contributed by atoms with E-state index in [1.807, 2.05) is 6.92 Å². The van der Waals surface area contributed by atoms with Gasteiger partial charge in [-0.2, -0.15) is 0 Å². The van der Waals surface area contributed by atoms with Crippen molar-refractivity contribution in [1.82, 2.24) is 0 Å². The molecule has 0 N–H and O–H groups in total. The molecule has 1 aliphatic rings. The second-order valence-electron chi connectivity index (χ2n) is 10.2. The summed E-state index contributed by atoms with van der Waals surface area (Å²) in [4.78, 5) is 24.1. The van der Waals surface area contributed by atoms with Crippen molar-refractivity contribution in [2.75, 3.05) is 0 Å². The predicted molar refractivity (Wildman–Crippen MR) is 142 cm³/mol. The predicted octanol–water partition coefficient (Wildman–Crippen LogP) is 9.35. The van der Waals surface area contributed by atoms with Gasteiger partial charge in [0, 0.05) is 6.42 Å². The van der Waals surface area contributed by atoms with Crippen molar-refractivity contribution in [3.63, 3.8) is 0 Å². The fraction of sp³-hybridized carbons (Fsp3) is 0.867. The molecule has 1 rings (SSSR count). The zero-order valence-corrected chi connectivity index (χ0v) is 22.8. The summed E-state index contributed by atoms with van der Waals surface area (Å²) in [6, 6.07) is 0. The molecule has 0 saturated heterocycles. The van der Waals surface area contributed by atoms with Crippen LogP contribution in [0.15, 0.2) is 11.5 Å². The van der Waals surface area contributed by atoms with E-state index in [4.69, 9.17) is 9.47 Å². The van der Waals surface area contributed by atoms with Gasteiger partial charge in [0.2, 0.25) is 11.5 Å². The highest BCUT2D eigenvalue weighted by molar-refractivity contribution is 6.01. The molecule has 0 radical (unpaired) electrons. The Morgan fingerprint density at radius 3 is 1.41 bits per heavy atom. The number of ether oxygens (including phenoxy) is 2. The van der Waals surface area contributed by atoms with Crippen LogP contribution < -0.4 is 0 Å². The highest BCUT2D eigenvalue weighted by Crippen LogP contribution is 2.25. The molecular formula is C30H54O4. The second kappa shape index (κ2) is 21.0. The van der Waals surface area contributed by atoms with Crippen LogP contribution in [-0.4, -0.2) is 17.9 Å². The smallest absolute Gasteiger partial charge is 0.311 e. The van der Waals surface area contributed by atoms with Crippen molar-refractivity contribution in [2.45, 2.75) is 168 Å². The maximum Gasteiger partial charge on any atom is 0.311 e. The number of rotatable bonds is 23. The SMILES string of the molecule is CCCCCCCCCCCCCCCCCCCCCCC(=O)OC1=C(C)OC(CC)C1=O. The molecule has 1 aliphatic heterocycles. The van der Waals surface area contributed by atoms with Crippen LogP contribution in [0.25, 0.3) is 0 Å². The molecule has 4 heteroatoms. The fourth-order valence-corrected chi connectivity index (χ4v) is 4.72. The second-order valence-corrected chi connectivity index (χ2v) is 10.2. The van der Waals surface area contributed by atoms with Crippen LogP contribution in [0.1, 0.15) is 162 Å². The third kappa shape index (κ3) is 14.8. The number of Topliss-reactive ketones (excluding diaryl/α,β-unsaturated/α-hetero) is 1. The number of esters is 1. The number of hydrogen-bond acceptors (Lipinski definition) is 4. The lowest BCUT2D eigenvalue weighted by atomic mass is 10.0. The summed E-state index contributed by atoms with van der Waals surface area (Å²) in [7, 11) is 0. The Kier molecular flexibility index (Phi) is 19.0. The standard InChI is InChI=1S/C30H54O4/c1-4-6-7-8-9-10-11-12-13-14-15-16-17-18-19-20-21-22-23-24-25-28(31)34-30-26(3)33-27(5-2)29(30)32/h27H,4-25H2,1-3H3. The van der Waals surface area contributed by atoms with Gasteiger partial charge in [-0.15, -0.1) is 0 Å². The van der Waals surface area contributed by atoms with E-state index in [-0.39, 0.29) is 17.5 Å². The summed E-state index contributed by atoms with van der Waals surface area (Å²) in [5, 5.41) is 0. The Morgan fingerprint density at radius 2 is 1.06 bits per heavy atom. The molecule has 0 aliphatic carbocycles. The molecule has 4 nitrogen and oxygen atoms in total. The number of ketones is 1. The highest BCUT2D eigenvalue weighted by atomic mass is 16.6. The molecule has 0 aromatic heterocycles. The number of allylic oxidation sites excluding steroid dienone is 1. The highest BCUT2D eigenvalue weighted by Gasteiger charge is 2.34. The van der Waals surface area contributed by atoms with E-state index in [1.54, 1.807) is 6.92 Å². The maximum absolute atomic E-state index is 12.1. The van der Waals surface area contributed by atoms with Crippen LogP contribution in [0.5, 0.6) is 0 Å². The van der Waals surface area contributed by atoms with Gasteiger partial charge in [0.25, 0.3) is 0 Å². The van der Waals surface area contributed by atoms with Crippen LogP contribution in [0.3, 0.4) is 0 Å². The average Bonchev–Trinajstić information content (AvgIpc) is 3.10. The minimum atomic E-state index is -0.484. The molecule has 0 amide bonds. The first kappa shape index (κ1) is 30.7. The van der Waals surface area contributed by atoms with Gasteiger partial charge in [0.15, 0.2) is 6.10 Å². The third-order valence-corrected chi connectivity index (χ3v) is 6.98. The number of carbonyl (C=O) groups excluding carboxylic acids is 2. The van der Waals surface area contributed by atoms with E-state index in [1.165, 1.54) is 116 Å². The monoisotopic (exact) mass is 478 g/mol. The Balaban J connectivity index is 1.80. The molecule has 0 spiro atoms. The van der Waals surface area contributed by atoms with E-state index in [2.05, 4.69) is 6.92 Å². The lowest BCUT2D eigenvalue weighted by molar-refractivity contribution is -0.142. The van der Waals surface area contributed by atoms with Crippen molar-refractivity contribution in [3.8, 4) is 0 Å². The molecule has 1 unspecified atom stereocenters. The average molecular weight is 479 g/mol. The van der Waals surface area contributed by atoms with Crippen molar-refractivity contribution in [2.24, 2.45) is 0 Å². The van der Waals surface area contributed by atoms with E-state index in [9.17, 15) is 9.59 Å². The van der Waals surface area contributed by atoms with Crippen molar-refractivity contribution in [3.05, 3.63) is 11.5 Å². The molecule has 1 atom stereocenters. The molecule has 0 aromatic rings. The van der Waals surface area contributed by atoms with Crippen LogP contribution in [0.2, 0.25) is 0 Å². The van der Waals surface area contributed by atoms with Gasteiger partial charge in [-0.05, 0) is 19.8 Å². The Morgan fingerprint density at radius 1 is 0.676 bits per heavy atom. The Labute approximate surface area is 210 Å². The van der Waals surface area contributed by atoms with Gasteiger partial charge >= 0.3 is 5.97 Å². The molecule has 0 bridgehead atoms. The number of unbranched alkanes of at least 4 members (excludes halogenated alkanes) is 19. The van der Waals surface area contributed by atoms with Gasteiger partial charge in [-0.1, -0.05) is 136 Å². The summed E-state index contributed by atoms with van der Waals surface area (Å²) in [5.74, 6) is 0.0426. The van der Waals surface area contributed by atoms with Crippen LogP contribution >= 0.6 is 0 Å². The van der Waals surface area contributed by atoms with Crippen molar-refractivity contribution in [1.29, 1.82) is 0 Å². The van der Waals surface area contributed by atoms with Crippen molar-refractivity contribution >= 4 is 11.8 Å². The van der Waals surface area contributed by atoms with Crippen LogP contribution in [0.4, 0.5) is 0 Å². The zero-order valence-electron chi connectivity index (χ0n) is 22.8. The van der Waals surface area contributed by atoms with E-state index >= 15 is 0 Å². The maximum atomic E-state index is 12.1. The Bertz CT molecular complexity index is 566. The first-order chi connectivity index (χ1) is 16.6. The van der Waals surface area contributed by atoms with Gasteiger partial charge in [-0.3, -0.25) is 9.59 Å². The summed E-state index contributed by atoms with van der Waals surface area (Å²) >= 11 is 0. The third-order valence-electron chi connectivity index (χ3n) is 6.98. The largest absolute Gasteiger partial charge is 0.483 e. The van der Waals surface area contributed by atoms with E-state index in [0.29, 0.717) is 18.6 Å². The summed E-state index contributed by atoms with van der Waals surface area (Å²) in [6.07, 6.45) is 27.3. The lowest BCUT2D eigenvalue weighted by Gasteiger charge is -2.05. The van der Waals surface area contributed by atoms with Crippen LogP contribution in [0, 0.1) is 0 Å². The van der Waals surface area contributed by atoms with Gasteiger partial charge in [0.05, 0.1) is 0 Å². The molecular weight excluding hydrogens is 424 g/mol. The molecule has 1 heterocycles. The van der Waals surface area contributed by atoms with Crippen LogP contribution in [-0.2, 0) is 19.1 Å². The van der Waals surface area contributed by atoms with E-state index in [0.717, 1.165) is 12.8 Å². The number of hydrogen-bond donors (Lipinski definition) is 0. The first-order valence-corrected chi connectivity index (χ1v) is 14.7. The van der Waals surface area contributed by atoms with Crippen molar-refractivity contribution < 1.29 is 19.1 Å². The summed E-state index contributed by atoms with van der Waals surface area (Å²) < 4.78 is 10.7. The van der Waals surface area contributed by atoms with Gasteiger partial charge in [-0.25, -0.2) is 0 Å². The molecule has 198 valence electrons. The molecule has 0 aromatic carbocycles.